The predicted molar refractivity (Wildman–Crippen MR) is 128 cm³/mol. The van der Waals surface area contributed by atoms with E-state index in [0.717, 1.165) is 63.7 Å². The zero-order chi connectivity index (χ0) is 24.2. The number of hydrogen-bond acceptors (Lipinski definition) is 1. The van der Waals surface area contributed by atoms with Gasteiger partial charge in [-0.3, -0.25) is 0 Å². The second-order valence-corrected chi connectivity index (χ2v) is 10.6. The molecule has 188 valence electrons. The summed E-state index contributed by atoms with van der Waals surface area (Å²) in [5.74, 6) is -1.58. The number of hydrogen-bond donors (Lipinski definition) is 0. The highest BCUT2D eigenvalue weighted by molar-refractivity contribution is 5.35. The van der Waals surface area contributed by atoms with Crippen LogP contribution >= 0.6 is 0 Å². The molecule has 3 aliphatic rings. The second-order valence-electron chi connectivity index (χ2n) is 10.6. The fourth-order valence-electron chi connectivity index (χ4n) is 6.37. The highest BCUT2D eigenvalue weighted by Crippen LogP contribution is 2.42. The van der Waals surface area contributed by atoms with Gasteiger partial charge in [-0.25, -0.2) is 17.6 Å². The number of aryl methyl sites for hydroxylation is 1. The Bertz CT molecular complexity index is 905. The van der Waals surface area contributed by atoms with Crippen LogP contribution in [0.1, 0.15) is 94.6 Å². The standard InChI is InChI=1S/C29H38F4O/c1-3-18-4-9-20(10-5-18)23-15-14-22(26(30)27(23)31)13-8-19-6-11-21(12-7-19)24-16-17-25(34-2)29(33)28(24)32/h14-16,18-21,25H,3-13,17H2,1-2H3. The number of methoxy groups -OCH3 is 1. The maximum absolute atomic E-state index is 14.9. The molecular weight excluding hydrogens is 440 g/mol. The zero-order valence-corrected chi connectivity index (χ0v) is 20.5. The summed E-state index contributed by atoms with van der Waals surface area (Å²) in [7, 11) is 1.39. The molecule has 0 heterocycles. The Morgan fingerprint density at radius 1 is 0.824 bits per heavy atom. The SMILES string of the molecule is CCC1CCC(c2ccc(CCC3CCC(C4=CCC(OC)C(F)=C4F)CC3)c(F)c2F)CC1. The topological polar surface area (TPSA) is 9.23 Å². The van der Waals surface area contributed by atoms with Crippen molar-refractivity contribution in [2.24, 2.45) is 17.8 Å². The summed E-state index contributed by atoms with van der Waals surface area (Å²) in [5.41, 5.74) is 1.50. The summed E-state index contributed by atoms with van der Waals surface area (Å²) in [6, 6.07) is 3.60. The molecule has 1 nitrogen and oxygen atoms in total. The van der Waals surface area contributed by atoms with E-state index in [2.05, 4.69) is 6.92 Å². The predicted octanol–water partition coefficient (Wildman–Crippen LogP) is 8.88. The van der Waals surface area contributed by atoms with Crippen LogP contribution in [0.2, 0.25) is 0 Å². The quantitative estimate of drug-likeness (QED) is 0.356. The van der Waals surface area contributed by atoms with Gasteiger partial charge in [-0.05, 0) is 111 Å². The first-order chi connectivity index (χ1) is 16.4. The second kappa shape index (κ2) is 11.4. The lowest BCUT2D eigenvalue weighted by atomic mass is 9.75. The minimum atomic E-state index is -0.812. The van der Waals surface area contributed by atoms with Crippen LogP contribution in [0.5, 0.6) is 0 Å². The summed E-state index contributed by atoms with van der Waals surface area (Å²) < 4.78 is 63.4. The third kappa shape index (κ3) is 5.45. The van der Waals surface area contributed by atoms with Gasteiger partial charge in [0.15, 0.2) is 23.3 Å². The Hall–Kier alpha value is -1.62. The summed E-state index contributed by atoms with van der Waals surface area (Å²) in [6.45, 7) is 2.20. The van der Waals surface area contributed by atoms with Crippen LogP contribution < -0.4 is 0 Å². The van der Waals surface area contributed by atoms with E-state index in [1.807, 2.05) is 6.07 Å². The van der Waals surface area contributed by atoms with Crippen LogP contribution in [0.25, 0.3) is 0 Å². The zero-order valence-electron chi connectivity index (χ0n) is 20.5. The van der Waals surface area contributed by atoms with E-state index in [9.17, 15) is 17.6 Å². The van der Waals surface area contributed by atoms with Crippen LogP contribution in [0.3, 0.4) is 0 Å². The van der Waals surface area contributed by atoms with Crippen LogP contribution in [0.4, 0.5) is 17.6 Å². The van der Waals surface area contributed by atoms with Gasteiger partial charge in [-0.2, -0.15) is 0 Å². The Morgan fingerprint density at radius 2 is 1.47 bits per heavy atom. The van der Waals surface area contributed by atoms with Gasteiger partial charge < -0.3 is 4.74 Å². The molecule has 34 heavy (non-hydrogen) atoms. The van der Waals surface area contributed by atoms with Crippen LogP contribution in [0, 0.1) is 29.4 Å². The van der Waals surface area contributed by atoms with E-state index < -0.39 is 29.4 Å². The summed E-state index contributed by atoms with van der Waals surface area (Å²) in [6.07, 6.45) is 11.3. The normalized spacial score (nSPS) is 30.4. The molecule has 1 unspecified atom stereocenters. The van der Waals surface area contributed by atoms with Crippen LogP contribution in [-0.4, -0.2) is 13.2 Å². The molecule has 1 aromatic rings. The fraction of sp³-hybridized carbons (Fsp3) is 0.655. The molecule has 0 amide bonds. The van der Waals surface area contributed by atoms with Crippen molar-refractivity contribution in [3.8, 4) is 0 Å². The monoisotopic (exact) mass is 478 g/mol. The van der Waals surface area contributed by atoms with Crippen molar-refractivity contribution < 1.29 is 22.3 Å². The number of rotatable bonds is 7. The van der Waals surface area contributed by atoms with Crippen molar-refractivity contribution in [1.82, 2.24) is 0 Å². The molecule has 5 heteroatoms. The van der Waals surface area contributed by atoms with Gasteiger partial charge >= 0.3 is 0 Å². The van der Waals surface area contributed by atoms with E-state index in [1.54, 1.807) is 12.1 Å². The Balaban J connectivity index is 1.30. The lowest BCUT2D eigenvalue weighted by molar-refractivity contribution is 0.107. The molecule has 4 rings (SSSR count). The van der Waals surface area contributed by atoms with Crippen molar-refractivity contribution in [3.63, 3.8) is 0 Å². The number of halogens is 4. The Kier molecular flexibility index (Phi) is 8.55. The molecule has 0 aliphatic heterocycles. The van der Waals surface area contributed by atoms with Crippen molar-refractivity contribution in [3.05, 3.63) is 58.2 Å². The number of ether oxygens (including phenoxy) is 1. The summed E-state index contributed by atoms with van der Waals surface area (Å²) in [4.78, 5) is 0. The summed E-state index contributed by atoms with van der Waals surface area (Å²) >= 11 is 0. The highest BCUT2D eigenvalue weighted by Gasteiger charge is 2.32. The van der Waals surface area contributed by atoms with E-state index >= 15 is 0 Å². The largest absolute Gasteiger partial charge is 0.374 e. The minimum Gasteiger partial charge on any atom is -0.374 e. The molecule has 2 fully saturated rings. The smallest absolute Gasteiger partial charge is 0.165 e. The fourth-order valence-corrected chi connectivity index (χ4v) is 6.37. The average molecular weight is 479 g/mol. The van der Waals surface area contributed by atoms with E-state index in [1.165, 1.54) is 13.5 Å². The molecule has 0 bridgehead atoms. The summed E-state index contributed by atoms with van der Waals surface area (Å²) in [5, 5.41) is 0. The number of benzene rings is 1. The highest BCUT2D eigenvalue weighted by atomic mass is 19.2. The Labute approximate surface area is 201 Å². The van der Waals surface area contributed by atoms with Crippen molar-refractivity contribution in [2.75, 3.05) is 7.11 Å². The third-order valence-corrected chi connectivity index (χ3v) is 8.75. The van der Waals surface area contributed by atoms with Crippen molar-refractivity contribution in [1.29, 1.82) is 0 Å². The van der Waals surface area contributed by atoms with Gasteiger partial charge in [0.2, 0.25) is 0 Å². The molecule has 2 saturated carbocycles. The maximum atomic E-state index is 14.9. The first-order valence-electron chi connectivity index (χ1n) is 13.2. The van der Waals surface area contributed by atoms with Crippen LogP contribution in [0.15, 0.2) is 35.4 Å². The third-order valence-electron chi connectivity index (χ3n) is 8.75. The molecule has 1 atom stereocenters. The van der Waals surface area contributed by atoms with Gasteiger partial charge in [0.25, 0.3) is 0 Å². The molecule has 0 N–H and O–H groups in total. The van der Waals surface area contributed by atoms with Gasteiger partial charge in [0.1, 0.15) is 6.10 Å². The van der Waals surface area contributed by atoms with Gasteiger partial charge in [0, 0.05) is 7.11 Å². The minimum absolute atomic E-state index is 0.0241. The van der Waals surface area contributed by atoms with E-state index in [0.29, 0.717) is 35.5 Å². The maximum Gasteiger partial charge on any atom is 0.165 e. The van der Waals surface area contributed by atoms with Crippen molar-refractivity contribution in [2.45, 2.75) is 96.0 Å². The van der Waals surface area contributed by atoms with E-state index in [-0.39, 0.29) is 11.8 Å². The lowest BCUT2D eigenvalue weighted by Gasteiger charge is -2.31. The molecule has 0 radical (unpaired) electrons. The molecule has 0 aromatic heterocycles. The number of allylic oxidation sites excluding steroid dienone is 2. The first kappa shape index (κ1) is 25.5. The Morgan fingerprint density at radius 3 is 2.12 bits per heavy atom. The van der Waals surface area contributed by atoms with Gasteiger partial charge in [0.05, 0.1) is 0 Å². The van der Waals surface area contributed by atoms with Gasteiger partial charge in [-0.1, -0.05) is 31.6 Å². The van der Waals surface area contributed by atoms with Crippen molar-refractivity contribution >= 4 is 0 Å². The molecule has 0 spiro atoms. The average Bonchev–Trinajstić information content (AvgIpc) is 2.87. The van der Waals surface area contributed by atoms with Gasteiger partial charge in [-0.15, -0.1) is 0 Å². The van der Waals surface area contributed by atoms with E-state index in [4.69, 9.17) is 4.74 Å². The van der Waals surface area contributed by atoms with Crippen LogP contribution in [-0.2, 0) is 11.2 Å². The molecule has 1 aromatic carbocycles. The molecular formula is C29H38F4O. The first-order valence-corrected chi connectivity index (χ1v) is 13.2. The molecule has 3 aliphatic carbocycles. The molecule has 0 saturated heterocycles. The lowest BCUT2D eigenvalue weighted by Crippen LogP contribution is -2.22.